The van der Waals surface area contributed by atoms with E-state index in [2.05, 4.69) is 13.8 Å². The Morgan fingerprint density at radius 3 is 2.94 bits per heavy atom. The number of Topliss-reactive ketones (excluding diaryl/α,β-unsaturated/α-hetero) is 1. The Bertz CT molecular complexity index is 382. The molecule has 0 N–H and O–H groups in total. The fourth-order valence-electron chi connectivity index (χ4n) is 2.03. The largest absolute Gasteiger partial charge is 0.492 e. The summed E-state index contributed by atoms with van der Waals surface area (Å²) < 4.78 is 5.52. The fourth-order valence-corrected chi connectivity index (χ4v) is 2.03. The van der Waals surface area contributed by atoms with Crippen molar-refractivity contribution in [1.29, 1.82) is 0 Å². The highest BCUT2D eigenvalue weighted by Gasteiger charge is 2.29. The molecule has 0 amide bonds. The molecule has 1 heterocycles. The minimum atomic E-state index is -0.0325. The van der Waals surface area contributed by atoms with E-state index in [1.165, 1.54) is 0 Å². The third kappa shape index (κ3) is 2.26. The second kappa shape index (κ2) is 4.69. The van der Waals surface area contributed by atoms with Crippen LogP contribution in [0.1, 0.15) is 38.2 Å². The van der Waals surface area contributed by atoms with Gasteiger partial charge in [0.1, 0.15) is 18.1 Å². The molecule has 0 fully saturated rings. The van der Waals surface area contributed by atoms with Crippen LogP contribution in [0.4, 0.5) is 0 Å². The van der Waals surface area contributed by atoms with Crippen LogP contribution in [0, 0.1) is 5.92 Å². The van der Waals surface area contributed by atoms with Gasteiger partial charge < -0.3 is 4.74 Å². The number of rotatable bonds is 4. The minimum absolute atomic E-state index is 0.0325. The lowest BCUT2D eigenvalue weighted by atomic mass is 9.92. The normalized spacial score (nSPS) is 18.3. The molecule has 1 aliphatic rings. The second-order valence-corrected chi connectivity index (χ2v) is 4.80. The van der Waals surface area contributed by atoms with E-state index in [9.17, 15) is 4.79 Å². The van der Waals surface area contributed by atoms with Crippen LogP contribution in [0.5, 0.6) is 5.75 Å². The first kappa shape index (κ1) is 11.2. The van der Waals surface area contributed by atoms with Crippen molar-refractivity contribution in [3.8, 4) is 5.75 Å². The number of carbonyl (C=O) groups excluding carboxylic acids is 1. The molecule has 1 aliphatic heterocycles. The summed E-state index contributed by atoms with van der Waals surface area (Å²) in [6, 6.07) is 7.85. The Morgan fingerprint density at radius 2 is 2.19 bits per heavy atom. The molecule has 2 rings (SSSR count). The van der Waals surface area contributed by atoms with E-state index in [1.54, 1.807) is 0 Å². The lowest BCUT2D eigenvalue weighted by Crippen LogP contribution is -2.14. The van der Waals surface area contributed by atoms with Gasteiger partial charge in [-0.2, -0.15) is 0 Å². The Kier molecular flexibility index (Phi) is 3.28. The first-order valence-electron chi connectivity index (χ1n) is 5.93. The van der Waals surface area contributed by atoms with Gasteiger partial charge in [-0.1, -0.05) is 32.0 Å². The number of ketones is 1. The predicted octanol–water partition coefficient (Wildman–Crippen LogP) is 3.17. The van der Waals surface area contributed by atoms with Crippen molar-refractivity contribution in [3.63, 3.8) is 0 Å². The molecule has 0 bridgehead atoms. The molecule has 1 aromatic rings. The highest BCUT2D eigenvalue weighted by Crippen LogP contribution is 2.34. The van der Waals surface area contributed by atoms with Gasteiger partial charge in [0.15, 0.2) is 0 Å². The Morgan fingerprint density at radius 1 is 1.44 bits per heavy atom. The van der Waals surface area contributed by atoms with E-state index < -0.39 is 0 Å². The minimum Gasteiger partial charge on any atom is -0.492 e. The van der Waals surface area contributed by atoms with Crippen molar-refractivity contribution in [1.82, 2.24) is 0 Å². The maximum absolute atomic E-state index is 12.0. The zero-order chi connectivity index (χ0) is 11.5. The number of carbonyl (C=O) groups is 1. The predicted molar refractivity (Wildman–Crippen MR) is 63.8 cm³/mol. The maximum atomic E-state index is 12.0. The van der Waals surface area contributed by atoms with Crippen LogP contribution in [-0.2, 0) is 4.79 Å². The van der Waals surface area contributed by atoms with Crippen LogP contribution in [-0.4, -0.2) is 12.4 Å². The van der Waals surface area contributed by atoms with Crippen LogP contribution >= 0.6 is 0 Å². The van der Waals surface area contributed by atoms with Crippen molar-refractivity contribution >= 4 is 5.78 Å². The molecule has 86 valence electrons. The van der Waals surface area contributed by atoms with Gasteiger partial charge in [-0.3, -0.25) is 4.79 Å². The first-order valence-corrected chi connectivity index (χ1v) is 5.93. The van der Waals surface area contributed by atoms with E-state index in [-0.39, 0.29) is 5.92 Å². The van der Waals surface area contributed by atoms with Gasteiger partial charge in [0.25, 0.3) is 0 Å². The summed E-state index contributed by atoms with van der Waals surface area (Å²) in [6.45, 7) is 4.81. The van der Waals surface area contributed by atoms with Gasteiger partial charge in [-0.25, -0.2) is 0 Å². The third-order valence-electron chi connectivity index (χ3n) is 3.06. The summed E-state index contributed by atoms with van der Waals surface area (Å²) in [5.74, 6) is 1.75. The van der Waals surface area contributed by atoms with Gasteiger partial charge in [0.05, 0.1) is 5.92 Å². The SMILES string of the molecule is CC(C)CCC(=O)C1COc2ccccc21. The number of fused-ring (bicyclic) bond motifs is 1. The average Bonchev–Trinajstić information content (AvgIpc) is 2.69. The zero-order valence-corrected chi connectivity index (χ0v) is 9.90. The van der Waals surface area contributed by atoms with E-state index in [4.69, 9.17) is 4.74 Å². The van der Waals surface area contributed by atoms with Gasteiger partial charge in [0, 0.05) is 12.0 Å². The summed E-state index contributed by atoms with van der Waals surface area (Å²) in [6.07, 6.45) is 1.64. The number of hydrogen-bond donors (Lipinski definition) is 0. The monoisotopic (exact) mass is 218 g/mol. The van der Waals surface area contributed by atoms with Crippen LogP contribution in [0.2, 0.25) is 0 Å². The first-order chi connectivity index (χ1) is 7.68. The van der Waals surface area contributed by atoms with Crippen molar-refractivity contribution < 1.29 is 9.53 Å². The van der Waals surface area contributed by atoms with Crippen LogP contribution in [0.15, 0.2) is 24.3 Å². The molecule has 0 spiro atoms. The van der Waals surface area contributed by atoms with Crippen LogP contribution in [0.3, 0.4) is 0 Å². The maximum Gasteiger partial charge on any atom is 0.143 e. The molecular weight excluding hydrogens is 200 g/mol. The molecule has 1 unspecified atom stereocenters. The highest BCUT2D eigenvalue weighted by molar-refractivity contribution is 5.87. The highest BCUT2D eigenvalue weighted by atomic mass is 16.5. The molecule has 1 atom stereocenters. The second-order valence-electron chi connectivity index (χ2n) is 4.80. The van der Waals surface area contributed by atoms with Crippen molar-refractivity contribution in [2.45, 2.75) is 32.6 Å². The van der Waals surface area contributed by atoms with Crippen molar-refractivity contribution in [2.24, 2.45) is 5.92 Å². The molecule has 0 aromatic heterocycles. The number of benzene rings is 1. The third-order valence-corrected chi connectivity index (χ3v) is 3.06. The topological polar surface area (TPSA) is 26.3 Å². The van der Waals surface area contributed by atoms with E-state index in [0.717, 1.165) is 17.7 Å². The lowest BCUT2D eigenvalue weighted by molar-refractivity contribution is -0.120. The van der Waals surface area contributed by atoms with Gasteiger partial charge >= 0.3 is 0 Å². The molecule has 16 heavy (non-hydrogen) atoms. The lowest BCUT2D eigenvalue weighted by Gasteiger charge is -2.09. The number of ether oxygens (including phenoxy) is 1. The van der Waals surface area contributed by atoms with E-state index in [1.807, 2.05) is 24.3 Å². The smallest absolute Gasteiger partial charge is 0.143 e. The van der Waals surface area contributed by atoms with Crippen LogP contribution in [0.25, 0.3) is 0 Å². The van der Waals surface area contributed by atoms with Crippen molar-refractivity contribution in [3.05, 3.63) is 29.8 Å². The number of hydrogen-bond acceptors (Lipinski definition) is 2. The molecule has 0 radical (unpaired) electrons. The van der Waals surface area contributed by atoms with Crippen molar-refractivity contribution in [2.75, 3.05) is 6.61 Å². The zero-order valence-electron chi connectivity index (χ0n) is 9.90. The van der Waals surface area contributed by atoms with Gasteiger partial charge in [0.2, 0.25) is 0 Å². The Balaban J connectivity index is 2.04. The summed E-state index contributed by atoms with van der Waals surface area (Å²) >= 11 is 0. The summed E-state index contributed by atoms with van der Waals surface area (Å²) in [4.78, 5) is 12.0. The van der Waals surface area contributed by atoms with E-state index in [0.29, 0.717) is 24.7 Å². The van der Waals surface area contributed by atoms with Gasteiger partial charge in [-0.15, -0.1) is 0 Å². The van der Waals surface area contributed by atoms with E-state index >= 15 is 0 Å². The molecule has 0 aliphatic carbocycles. The average molecular weight is 218 g/mol. The van der Waals surface area contributed by atoms with Crippen LogP contribution < -0.4 is 4.74 Å². The van der Waals surface area contributed by atoms with Gasteiger partial charge in [-0.05, 0) is 18.4 Å². The summed E-state index contributed by atoms with van der Waals surface area (Å²) in [5.41, 5.74) is 1.07. The Labute approximate surface area is 96.6 Å². The molecule has 2 nitrogen and oxygen atoms in total. The summed E-state index contributed by atoms with van der Waals surface area (Å²) in [7, 11) is 0. The molecular formula is C14H18O2. The Hall–Kier alpha value is -1.31. The molecule has 0 saturated carbocycles. The molecule has 0 saturated heterocycles. The molecule has 2 heteroatoms. The number of para-hydroxylation sites is 1. The fraction of sp³-hybridized carbons (Fsp3) is 0.500. The quantitative estimate of drug-likeness (QED) is 0.776. The molecule has 1 aromatic carbocycles. The standard InChI is InChI=1S/C14H18O2/c1-10(2)7-8-13(15)12-9-16-14-6-4-3-5-11(12)14/h3-6,10,12H,7-9H2,1-2H3. The summed E-state index contributed by atoms with van der Waals surface area (Å²) in [5, 5.41) is 0.